The van der Waals surface area contributed by atoms with Gasteiger partial charge < -0.3 is 19.3 Å². The second-order valence-corrected chi connectivity index (χ2v) is 6.80. The lowest BCUT2D eigenvalue weighted by Gasteiger charge is -2.33. The third kappa shape index (κ3) is 1.99. The second kappa shape index (κ2) is 4.17. The van der Waals surface area contributed by atoms with Gasteiger partial charge in [0.05, 0.1) is 24.4 Å². The fraction of sp³-hybridized carbons (Fsp3) is 1.00. The van der Waals surface area contributed by atoms with E-state index >= 15 is 0 Å². The van der Waals surface area contributed by atoms with Crippen molar-refractivity contribution in [3.8, 4) is 0 Å². The van der Waals surface area contributed by atoms with Crippen LogP contribution in [-0.2, 0) is 14.2 Å². The summed E-state index contributed by atoms with van der Waals surface area (Å²) in [6, 6.07) is 0. The maximum Gasteiger partial charge on any atom is 0.163 e. The molecule has 4 nitrogen and oxygen atoms in total. The number of ether oxygens (including phenoxy) is 3. The van der Waals surface area contributed by atoms with Crippen LogP contribution in [0.25, 0.3) is 0 Å². The van der Waals surface area contributed by atoms with Crippen LogP contribution in [0.5, 0.6) is 0 Å². The molecule has 2 aliphatic heterocycles. The topological polar surface area (TPSA) is 47.9 Å². The highest BCUT2D eigenvalue weighted by atomic mass is 16.8. The van der Waals surface area contributed by atoms with Gasteiger partial charge in [-0.05, 0) is 32.6 Å². The molecule has 3 fully saturated rings. The zero-order valence-corrected chi connectivity index (χ0v) is 11.6. The molecule has 6 atom stereocenters. The van der Waals surface area contributed by atoms with E-state index < -0.39 is 5.79 Å². The summed E-state index contributed by atoms with van der Waals surface area (Å²) in [6.07, 6.45) is 1.57. The van der Waals surface area contributed by atoms with E-state index in [1.807, 2.05) is 13.8 Å². The van der Waals surface area contributed by atoms with Gasteiger partial charge in [-0.1, -0.05) is 13.8 Å². The highest BCUT2D eigenvalue weighted by Gasteiger charge is 2.62. The zero-order valence-electron chi connectivity index (χ0n) is 11.6. The summed E-state index contributed by atoms with van der Waals surface area (Å²) in [5.41, 5.74) is 0. The summed E-state index contributed by atoms with van der Waals surface area (Å²) < 4.78 is 17.8. The minimum absolute atomic E-state index is 0.0625. The Morgan fingerprint density at radius 2 is 1.89 bits per heavy atom. The van der Waals surface area contributed by atoms with E-state index in [2.05, 4.69) is 13.8 Å². The van der Waals surface area contributed by atoms with Crippen molar-refractivity contribution in [2.75, 3.05) is 0 Å². The molecule has 2 bridgehead atoms. The summed E-state index contributed by atoms with van der Waals surface area (Å²) in [6.45, 7) is 8.14. The van der Waals surface area contributed by atoms with Gasteiger partial charge in [-0.3, -0.25) is 0 Å². The third-order valence-electron chi connectivity index (χ3n) is 4.30. The van der Waals surface area contributed by atoms with Gasteiger partial charge >= 0.3 is 0 Å². The first-order valence-electron chi connectivity index (χ1n) is 7.06. The molecule has 18 heavy (non-hydrogen) atoms. The number of aliphatic hydroxyl groups excluding tert-OH is 1. The molecule has 0 aromatic rings. The predicted molar refractivity (Wildman–Crippen MR) is 66.1 cm³/mol. The van der Waals surface area contributed by atoms with Crippen molar-refractivity contribution >= 4 is 0 Å². The van der Waals surface area contributed by atoms with E-state index in [9.17, 15) is 5.11 Å². The predicted octanol–water partition coefficient (Wildman–Crippen LogP) is 1.70. The van der Waals surface area contributed by atoms with Gasteiger partial charge in [0.1, 0.15) is 6.10 Å². The molecule has 0 aromatic heterocycles. The van der Waals surface area contributed by atoms with Crippen LogP contribution in [-0.4, -0.2) is 41.4 Å². The molecule has 0 radical (unpaired) electrons. The first-order valence-corrected chi connectivity index (χ1v) is 7.06. The summed E-state index contributed by atoms with van der Waals surface area (Å²) in [7, 11) is 0. The molecule has 2 saturated heterocycles. The van der Waals surface area contributed by atoms with Gasteiger partial charge in [0.2, 0.25) is 0 Å². The lowest BCUT2D eigenvalue weighted by atomic mass is 9.90. The Bertz CT molecular complexity index is 328. The molecule has 0 amide bonds. The van der Waals surface area contributed by atoms with Crippen LogP contribution >= 0.6 is 0 Å². The van der Waals surface area contributed by atoms with Crippen LogP contribution in [0, 0.1) is 11.8 Å². The third-order valence-corrected chi connectivity index (χ3v) is 4.30. The molecular formula is C14H24O4. The fourth-order valence-corrected chi connectivity index (χ4v) is 3.72. The van der Waals surface area contributed by atoms with E-state index in [1.54, 1.807) is 0 Å². The normalized spacial score (nSPS) is 46.7. The van der Waals surface area contributed by atoms with Crippen LogP contribution in [0.15, 0.2) is 0 Å². The van der Waals surface area contributed by atoms with E-state index in [-0.39, 0.29) is 36.4 Å². The minimum Gasteiger partial charge on any atom is -0.390 e. The summed E-state index contributed by atoms with van der Waals surface area (Å²) in [5, 5.41) is 10.3. The quantitative estimate of drug-likeness (QED) is 0.835. The molecule has 1 saturated carbocycles. The molecule has 2 heterocycles. The largest absolute Gasteiger partial charge is 0.390 e. The van der Waals surface area contributed by atoms with E-state index in [1.165, 1.54) is 0 Å². The van der Waals surface area contributed by atoms with E-state index in [0.29, 0.717) is 5.92 Å². The maximum atomic E-state index is 10.3. The minimum atomic E-state index is -0.506. The lowest BCUT2D eigenvalue weighted by molar-refractivity contribution is -0.158. The highest BCUT2D eigenvalue weighted by Crippen LogP contribution is 2.50. The number of rotatable bonds is 3. The number of aliphatic hydroxyl groups is 1. The molecule has 1 N–H and O–H groups in total. The van der Waals surface area contributed by atoms with Gasteiger partial charge in [-0.2, -0.15) is 0 Å². The van der Waals surface area contributed by atoms with Gasteiger partial charge in [-0.15, -0.1) is 0 Å². The van der Waals surface area contributed by atoms with Crippen molar-refractivity contribution in [1.82, 2.24) is 0 Å². The van der Waals surface area contributed by atoms with Crippen molar-refractivity contribution in [2.45, 2.75) is 76.8 Å². The Morgan fingerprint density at radius 3 is 2.56 bits per heavy atom. The van der Waals surface area contributed by atoms with Crippen molar-refractivity contribution in [3.63, 3.8) is 0 Å². The van der Waals surface area contributed by atoms with Gasteiger partial charge in [0.25, 0.3) is 0 Å². The Balaban J connectivity index is 1.70. The van der Waals surface area contributed by atoms with Gasteiger partial charge in [0, 0.05) is 5.92 Å². The van der Waals surface area contributed by atoms with Crippen LogP contribution in [0.3, 0.4) is 0 Å². The molecule has 0 aromatic carbocycles. The SMILES string of the molecule is CC(C)CC(O)[C@@H]1O[C@@H]2C[C@H]1[C@H]1OC(C)(C)O[C@H]12. The monoisotopic (exact) mass is 256 g/mol. The average Bonchev–Trinajstić information content (AvgIpc) is 2.83. The maximum absolute atomic E-state index is 10.3. The first kappa shape index (κ1) is 12.9. The molecule has 0 spiro atoms. The molecule has 104 valence electrons. The standard InChI is InChI=1S/C14H24O4/c1-7(2)5-9(15)11-8-6-10(16-11)13-12(8)17-14(3,4)18-13/h7-13,15H,5-6H2,1-4H3/t8-,9?,10-,11-,12-,13+/m1/s1. The second-order valence-electron chi connectivity index (χ2n) is 6.80. The number of hydrogen-bond acceptors (Lipinski definition) is 4. The smallest absolute Gasteiger partial charge is 0.163 e. The number of hydrogen-bond donors (Lipinski definition) is 1. The molecule has 1 aliphatic carbocycles. The average molecular weight is 256 g/mol. The Hall–Kier alpha value is -0.160. The summed E-state index contributed by atoms with van der Waals surface area (Å²) in [4.78, 5) is 0. The molecule has 1 unspecified atom stereocenters. The van der Waals surface area contributed by atoms with Crippen LogP contribution in [0.1, 0.15) is 40.5 Å². The van der Waals surface area contributed by atoms with Crippen molar-refractivity contribution < 1.29 is 19.3 Å². The van der Waals surface area contributed by atoms with Gasteiger partial charge in [0.15, 0.2) is 5.79 Å². The summed E-state index contributed by atoms with van der Waals surface area (Å²) in [5.74, 6) is 0.263. The number of fused-ring (bicyclic) bond motifs is 5. The van der Waals surface area contributed by atoms with Crippen molar-refractivity contribution in [1.29, 1.82) is 0 Å². The van der Waals surface area contributed by atoms with Gasteiger partial charge in [-0.25, -0.2) is 0 Å². The van der Waals surface area contributed by atoms with Crippen molar-refractivity contribution in [2.24, 2.45) is 11.8 Å². The Labute approximate surface area is 109 Å². The van der Waals surface area contributed by atoms with E-state index in [0.717, 1.165) is 12.8 Å². The van der Waals surface area contributed by atoms with Crippen LogP contribution < -0.4 is 0 Å². The van der Waals surface area contributed by atoms with Crippen LogP contribution in [0.4, 0.5) is 0 Å². The lowest BCUT2D eigenvalue weighted by Crippen LogP contribution is -2.46. The van der Waals surface area contributed by atoms with Crippen molar-refractivity contribution in [3.05, 3.63) is 0 Å². The molecule has 4 heteroatoms. The van der Waals surface area contributed by atoms with Crippen LogP contribution in [0.2, 0.25) is 0 Å². The first-order chi connectivity index (χ1) is 8.37. The zero-order chi connectivity index (χ0) is 13.1. The Morgan fingerprint density at radius 1 is 1.22 bits per heavy atom. The summed E-state index contributed by atoms with van der Waals surface area (Å²) >= 11 is 0. The Kier molecular flexibility index (Phi) is 2.98. The highest BCUT2D eigenvalue weighted by molar-refractivity contribution is 5.07. The fourth-order valence-electron chi connectivity index (χ4n) is 3.72. The molecule has 3 rings (SSSR count). The molecular weight excluding hydrogens is 232 g/mol. The molecule has 3 aliphatic rings. The van der Waals surface area contributed by atoms with E-state index in [4.69, 9.17) is 14.2 Å².